The Kier molecular flexibility index (Phi) is 4.26. The Morgan fingerprint density at radius 1 is 1.38 bits per heavy atom. The van der Waals surface area contributed by atoms with Crippen LogP contribution in [0.15, 0.2) is 24.5 Å². The van der Waals surface area contributed by atoms with Crippen LogP contribution in [-0.2, 0) is 0 Å². The summed E-state index contributed by atoms with van der Waals surface area (Å²) < 4.78 is 0. The molecule has 1 rings (SSSR count). The van der Waals surface area contributed by atoms with Crippen molar-refractivity contribution in [1.29, 1.82) is 0 Å². The van der Waals surface area contributed by atoms with Crippen molar-refractivity contribution in [1.82, 2.24) is 4.98 Å². The molecule has 0 saturated heterocycles. The molecule has 1 aromatic rings. The van der Waals surface area contributed by atoms with Crippen molar-refractivity contribution in [2.45, 2.75) is 13.3 Å². The highest BCUT2D eigenvalue weighted by Crippen LogP contribution is 2.11. The minimum Gasteiger partial charge on any atom is -0.372 e. The molecule has 0 amide bonds. The maximum Gasteiger partial charge on any atom is 0.0396 e. The lowest BCUT2D eigenvalue weighted by molar-refractivity contribution is 0.754. The standard InChI is InChI=1S/C10H17N3/c1-2-13(9-3-6-11)10-4-7-12-8-5-10/h4-5,7-8H,2-3,6,9,11H2,1H3. The summed E-state index contributed by atoms with van der Waals surface area (Å²) in [6.45, 7) is 4.94. The SMILES string of the molecule is CCN(CCCN)c1ccncc1. The number of pyridine rings is 1. The van der Waals surface area contributed by atoms with Crippen LogP contribution in [0, 0.1) is 0 Å². The average molecular weight is 179 g/mol. The molecule has 1 heterocycles. The van der Waals surface area contributed by atoms with E-state index in [0.29, 0.717) is 0 Å². The summed E-state index contributed by atoms with van der Waals surface area (Å²) in [4.78, 5) is 6.29. The number of aromatic nitrogens is 1. The zero-order valence-corrected chi connectivity index (χ0v) is 8.11. The first-order valence-corrected chi connectivity index (χ1v) is 4.73. The van der Waals surface area contributed by atoms with Crippen molar-refractivity contribution in [2.75, 3.05) is 24.5 Å². The Balaban J connectivity index is 2.56. The normalized spacial score (nSPS) is 10.0. The third kappa shape index (κ3) is 3.03. The van der Waals surface area contributed by atoms with Gasteiger partial charge in [-0.15, -0.1) is 0 Å². The summed E-state index contributed by atoms with van der Waals surface area (Å²) in [6.07, 6.45) is 4.68. The Morgan fingerprint density at radius 2 is 2.08 bits per heavy atom. The molecule has 3 heteroatoms. The fourth-order valence-corrected chi connectivity index (χ4v) is 1.31. The summed E-state index contributed by atoms with van der Waals surface area (Å²) in [7, 11) is 0. The van der Waals surface area contributed by atoms with E-state index in [1.807, 2.05) is 24.5 Å². The van der Waals surface area contributed by atoms with Crippen LogP contribution in [0.2, 0.25) is 0 Å². The zero-order chi connectivity index (χ0) is 9.52. The van der Waals surface area contributed by atoms with Gasteiger partial charge in [0.05, 0.1) is 0 Å². The van der Waals surface area contributed by atoms with Gasteiger partial charge in [-0.2, -0.15) is 0 Å². The maximum atomic E-state index is 5.47. The molecule has 0 spiro atoms. The minimum absolute atomic E-state index is 0.752. The van der Waals surface area contributed by atoms with E-state index in [2.05, 4.69) is 16.8 Å². The average Bonchev–Trinajstić information content (AvgIpc) is 2.21. The van der Waals surface area contributed by atoms with E-state index < -0.39 is 0 Å². The second kappa shape index (κ2) is 5.54. The molecular weight excluding hydrogens is 162 g/mol. The van der Waals surface area contributed by atoms with E-state index in [1.54, 1.807) is 0 Å². The highest BCUT2D eigenvalue weighted by Gasteiger charge is 2.01. The van der Waals surface area contributed by atoms with Crippen molar-refractivity contribution in [3.63, 3.8) is 0 Å². The Labute approximate surface area is 79.6 Å². The molecule has 0 aliphatic heterocycles. The molecule has 0 fully saturated rings. The first kappa shape index (κ1) is 9.99. The minimum atomic E-state index is 0.752. The van der Waals surface area contributed by atoms with Gasteiger partial charge in [0, 0.05) is 31.2 Å². The van der Waals surface area contributed by atoms with Crippen LogP contribution in [-0.4, -0.2) is 24.6 Å². The van der Waals surface area contributed by atoms with E-state index in [1.165, 1.54) is 5.69 Å². The van der Waals surface area contributed by atoms with Crippen LogP contribution >= 0.6 is 0 Å². The van der Waals surface area contributed by atoms with Crippen LogP contribution in [0.1, 0.15) is 13.3 Å². The number of hydrogen-bond donors (Lipinski definition) is 1. The molecule has 2 N–H and O–H groups in total. The Bertz CT molecular complexity index is 223. The van der Waals surface area contributed by atoms with Gasteiger partial charge >= 0.3 is 0 Å². The van der Waals surface area contributed by atoms with Gasteiger partial charge in [0.2, 0.25) is 0 Å². The third-order valence-electron chi connectivity index (χ3n) is 2.04. The molecule has 13 heavy (non-hydrogen) atoms. The number of rotatable bonds is 5. The van der Waals surface area contributed by atoms with E-state index >= 15 is 0 Å². The molecule has 0 aliphatic carbocycles. The summed E-state index contributed by atoms with van der Waals surface area (Å²) in [5.74, 6) is 0. The van der Waals surface area contributed by atoms with Gasteiger partial charge in [0.15, 0.2) is 0 Å². The summed E-state index contributed by atoms with van der Waals surface area (Å²) >= 11 is 0. The lowest BCUT2D eigenvalue weighted by atomic mass is 10.3. The van der Waals surface area contributed by atoms with Crippen molar-refractivity contribution in [2.24, 2.45) is 5.73 Å². The maximum absolute atomic E-state index is 5.47. The zero-order valence-electron chi connectivity index (χ0n) is 8.11. The van der Waals surface area contributed by atoms with Crippen LogP contribution in [0.4, 0.5) is 5.69 Å². The molecular formula is C10H17N3. The van der Waals surface area contributed by atoms with Crippen LogP contribution in [0.3, 0.4) is 0 Å². The number of nitrogens with two attached hydrogens (primary N) is 1. The van der Waals surface area contributed by atoms with E-state index in [4.69, 9.17) is 5.73 Å². The molecule has 0 unspecified atom stereocenters. The molecule has 3 nitrogen and oxygen atoms in total. The number of nitrogens with zero attached hydrogens (tertiary/aromatic N) is 2. The first-order valence-electron chi connectivity index (χ1n) is 4.73. The van der Waals surface area contributed by atoms with Gasteiger partial charge in [0.1, 0.15) is 0 Å². The van der Waals surface area contributed by atoms with Crippen LogP contribution in [0.25, 0.3) is 0 Å². The van der Waals surface area contributed by atoms with Gasteiger partial charge in [-0.25, -0.2) is 0 Å². The predicted molar refractivity (Wildman–Crippen MR) is 55.8 cm³/mol. The highest BCUT2D eigenvalue weighted by molar-refractivity contribution is 5.44. The van der Waals surface area contributed by atoms with E-state index in [0.717, 1.165) is 26.1 Å². The topological polar surface area (TPSA) is 42.1 Å². The summed E-state index contributed by atoms with van der Waals surface area (Å²) in [5.41, 5.74) is 6.70. The Morgan fingerprint density at radius 3 is 2.62 bits per heavy atom. The fourth-order valence-electron chi connectivity index (χ4n) is 1.31. The van der Waals surface area contributed by atoms with Crippen molar-refractivity contribution >= 4 is 5.69 Å². The first-order chi connectivity index (χ1) is 6.38. The lowest BCUT2D eigenvalue weighted by Gasteiger charge is -2.22. The van der Waals surface area contributed by atoms with Gasteiger partial charge in [0.25, 0.3) is 0 Å². The lowest BCUT2D eigenvalue weighted by Crippen LogP contribution is -2.25. The number of anilines is 1. The predicted octanol–water partition coefficient (Wildman–Crippen LogP) is 1.26. The molecule has 0 bridgehead atoms. The van der Waals surface area contributed by atoms with E-state index in [-0.39, 0.29) is 0 Å². The quantitative estimate of drug-likeness (QED) is 0.740. The summed E-state index contributed by atoms with van der Waals surface area (Å²) in [5, 5.41) is 0. The van der Waals surface area contributed by atoms with Crippen molar-refractivity contribution < 1.29 is 0 Å². The van der Waals surface area contributed by atoms with Crippen LogP contribution in [0.5, 0.6) is 0 Å². The van der Waals surface area contributed by atoms with Crippen molar-refractivity contribution in [3.05, 3.63) is 24.5 Å². The fraction of sp³-hybridized carbons (Fsp3) is 0.500. The Hall–Kier alpha value is -1.09. The third-order valence-corrected chi connectivity index (χ3v) is 2.04. The molecule has 0 atom stereocenters. The number of hydrogen-bond acceptors (Lipinski definition) is 3. The summed E-state index contributed by atoms with van der Waals surface area (Å²) in [6, 6.07) is 4.06. The monoisotopic (exact) mass is 179 g/mol. The van der Waals surface area contributed by atoms with Gasteiger partial charge in [-0.05, 0) is 32.0 Å². The van der Waals surface area contributed by atoms with Crippen molar-refractivity contribution in [3.8, 4) is 0 Å². The molecule has 1 aromatic heterocycles. The molecule has 0 radical (unpaired) electrons. The van der Waals surface area contributed by atoms with Gasteiger partial charge in [-0.1, -0.05) is 0 Å². The van der Waals surface area contributed by atoms with Gasteiger partial charge in [-0.3, -0.25) is 4.98 Å². The molecule has 0 aliphatic rings. The molecule has 0 saturated carbocycles. The smallest absolute Gasteiger partial charge is 0.0396 e. The second-order valence-electron chi connectivity index (χ2n) is 2.93. The molecule has 72 valence electrons. The highest BCUT2D eigenvalue weighted by atomic mass is 15.1. The largest absolute Gasteiger partial charge is 0.372 e. The molecule has 0 aromatic carbocycles. The van der Waals surface area contributed by atoms with Crippen LogP contribution < -0.4 is 10.6 Å². The second-order valence-corrected chi connectivity index (χ2v) is 2.93. The van der Waals surface area contributed by atoms with E-state index in [9.17, 15) is 0 Å². The van der Waals surface area contributed by atoms with Gasteiger partial charge < -0.3 is 10.6 Å².